The number of urea groups is 1. The quantitative estimate of drug-likeness (QED) is 0.832. The average molecular weight is 397 g/mol. The van der Waals surface area contributed by atoms with Crippen molar-refractivity contribution in [3.8, 4) is 0 Å². The Bertz CT molecular complexity index is 863. The van der Waals surface area contributed by atoms with Gasteiger partial charge in [-0.25, -0.2) is 4.79 Å². The predicted octanol–water partition coefficient (Wildman–Crippen LogP) is 3.33. The number of fused-ring (bicyclic) bond motifs is 1. The lowest BCUT2D eigenvalue weighted by Crippen LogP contribution is -2.44. The van der Waals surface area contributed by atoms with E-state index in [0.29, 0.717) is 5.92 Å². The topological polar surface area (TPSA) is 65.4 Å². The van der Waals surface area contributed by atoms with Crippen LogP contribution < -0.4 is 10.6 Å². The largest absolute Gasteiger partial charge is 0.385 e. The molecule has 0 saturated carbocycles. The average Bonchev–Trinajstić information content (AvgIpc) is 3.13. The first-order valence-electron chi connectivity index (χ1n) is 10.6. The second kappa shape index (κ2) is 8.45. The van der Waals surface area contributed by atoms with Gasteiger partial charge >= 0.3 is 6.03 Å². The number of nitrogens with one attached hydrogen (secondary N) is 2. The molecule has 1 aromatic carbocycles. The van der Waals surface area contributed by atoms with Crippen LogP contribution in [0, 0.1) is 5.92 Å². The molecule has 0 spiro atoms. The van der Waals surface area contributed by atoms with Crippen molar-refractivity contribution in [2.45, 2.75) is 31.7 Å². The van der Waals surface area contributed by atoms with Crippen LogP contribution in [0.1, 0.15) is 36.6 Å². The van der Waals surface area contributed by atoms with Crippen LogP contribution in [-0.4, -0.2) is 59.3 Å². The fraction of sp³-hybridized carbons (Fsp3) is 0.545. The molecule has 2 aliphatic rings. The monoisotopic (exact) mass is 396 g/mol. The highest BCUT2D eigenvalue weighted by molar-refractivity contribution is 5.89. The first-order valence-corrected chi connectivity index (χ1v) is 10.6. The summed E-state index contributed by atoms with van der Waals surface area (Å²) in [6.07, 6.45) is 6.32. The Morgan fingerprint density at radius 1 is 1.31 bits per heavy atom. The number of carbonyl (C=O) groups excluding carboxylic acids is 1. The number of amides is 2. The summed E-state index contributed by atoms with van der Waals surface area (Å²) in [5.74, 6) is 0.382. The van der Waals surface area contributed by atoms with E-state index in [0.717, 1.165) is 51.0 Å². The van der Waals surface area contributed by atoms with Crippen LogP contribution in [-0.2, 0) is 13.5 Å². The fourth-order valence-electron chi connectivity index (χ4n) is 4.80. The van der Waals surface area contributed by atoms with E-state index in [2.05, 4.69) is 45.9 Å². The van der Waals surface area contributed by atoms with Crippen LogP contribution >= 0.6 is 0 Å². The van der Waals surface area contributed by atoms with E-state index in [4.69, 9.17) is 0 Å². The zero-order chi connectivity index (χ0) is 20.4. The lowest BCUT2D eigenvalue weighted by molar-refractivity contribution is 0.0960. The Balaban J connectivity index is 1.43. The molecule has 2 aromatic rings. The van der Waals surface area contributed by atoms with Crippen molar-refractivity contribution in [2.24, 2.45) is 13.0 Å². The van der Waals surface area contributed by atoms with Crippen LogP contribution in [0.25, 0.3) is 0 Å². The highest BCUT2D eigenvalue weighted by Crippen LogP contribution is 2.35. The van der Waals surface area contributed by atoms with Crippen LogP contribution in [0.3, 0.4) is 0 Å². The number of rotatable bonds is 4. The number of hydrogen-bond donors (Lipinski definition) is 2. The van der Waals surface area contributed by atoms with Gasteiger partial charge < -0.3 is 15.5 Å². The van der Waals surface area contributed by atoms with Gasteiger partial charge in [0.15, 0.2) is 0 Å². The van der Waals surface area contributed by atoms with E-state index >= 15 is 0 Å². The molecule has 2 N–H and O–H groups in total. The lowest BCUT2D eigenvalue weighted by Gasteiger charge is -2.40. The van der Waals surface area contributed by atoms with Crippen molar-refractivity contribution in [2.75, 3.05) is 44.4 Å². The highest BCUT2D eigenvalue weighted by atomic mass is 16.2. The Hall–Kier alpha value is -2.54. The van der Waals surface area contributed by atoms with Crippen molar-refractivity contribution in [3.05, 3.63) is 41.7 Å². The van der Waals surface area contributed by atoms with E-state index in [1.807, 2.05) is 35.9 Å². The number of piperidine rings is 1. The minimum Gasteiger partial charge on any atom is -0.385 e. The van der Waals surface area contributed by atoms with Gasteiger partial charge in [0.05, 0.1) is 11.7 Å². The zero-order valence-electron chi connectivity index (χ0n) is 17.7. The Labute approximate surface area is 173 Å². The van der Waals surface area contributed by atoms with E-state index in [-0.39, 0.29) is 12.1 Å². The lowest BCUT2D eigenvalue weighted by atomic mass is 9.87. The maximum atomic E-state index is 12.9. The van der Waals surface area contributed by atoms with Crippen molar-refractivity contribution in [3.63, 3.8) is 0 Å². The molecule has 0 aliphatic carbocycles. The van der Waals surface area contributed by atoms with Crippen molar-refractivity contribution in [1.29, 1.82) is 0 Å². The normalized spacial score (nSPS) is 21.9. The fourth-order valence-corrected chi connectivity index (χ4v) is 4.80. The van der Waals surface area contributed by atoms with Crippen LogP contribution in [0.5, 0.6) is 0 Å². The second-order valence-electron chi connectivity index (χ2n) is 8.42. The highest BCUT2D eigenvalue weighted by Gasteiger charge is 2.33. The van der Waals surface area contributed by atoms with E-state index in [1.54, 1.807) is 0 Å². The Morgan fingerprint density at radius 3 is 2.97 bits per heavy atom. The number of likely N-dealkylation sites (tertiary alicyclic amines) is 1. The zero-order valence-corrected chi connectivity index (χ0v) is 17.7. The number of benzene rings is 1. The van der Waals surface area contributed by atoms with Gasteiger partial charge in [0.2, 0.25) is 0 Å². The number of carbonyl (C=O) groups is 1. The van der Waals surface area contributed by atoms with Gasteiger partial charge in [0.25, 0.3) is 0 Å². The molecule has 0 unspecified atom stereocenters. The summed E-state index contributed by atoms with van der Waals surface area (Å²) in [5.41, 5.74) is 4.55. The Morgan fingerprint density at radius 2 is 2.17 bits per heavy atom. The first-order chi connectivity index (χ1) is 14.0. The summed E-state index contributed by atoms with van der Waals surface area (Å²) in [7, 11) is 6.06. The molecular formula is C22H32N6O. The molecule has 2 atom stereocenters. The maximum Gasteiger partial charge on any atom is 0.321 e. The third kappa shape index (κ3) is 4.24. The van der Waals surface area contributed by atoms with Crippen LogP contribution in [0.2, 0.25) is 0 Å². The van der Waals surface area contributed by atoms with Gasteiger partial charge in [-0.1, -0.05) is 0 Å². The second-order valence-corrected chi connectivity index (χ2v) is 8.42. The molecule has 1 saturated heterocycles. The van der Waals surface area contributed by atoms with Crippen molar-refractivity contribution in [1.82, 2.24) is 19.6 Å². The Kier molecular flexibility index (Phi) is 5.76. The third-order valence-electron chi connectivity index (χ3n) is 6.32. The van der Waals surface area contributed by atoms with Gasteiger partial charge in [-0.05, 0) is 75.0 Å². The summed E-state index contributed by atoms with van der Waals surface area (Å²) in [6.45, 7) is 2.82. The molecular weight excluding hydrogens is 364 g/mol. The first kappa shape index (κ1) is 19.8. The number of hydrogen-bond acceptors (Lipinski definition) is 4. The minimum atomic E-state index is -0.0503. The predicted molar refractivity (Wildman–Crippen MR) is 116 cm³/mol. The van der Waals surface area contributed by atoms with Crippen molar-refractivity contribution < 1.29 is 4.79 Å². The molecule has 29 heavy (non-hydrogen) atoms. The summed E-state index contributed by atoms with van der Waals surface area (Å²) in [6, 6.07) is 8.47. The summed E-state index contributed by atoms with van der Waals surface area (Å²) < 4.78 is 1.96. The molecule has 1 aromatic heterocycles. The molecule has 2 aliphatic heterocycles. The van der Waals surface area contributed by atoms with Gasteiger partial charge in [0, 0.05) is 44.8 Å². The van der Waals surface area contributed by atoms with E-state index < -0.39 is 0 Å². The smallest absolute Gasteiger partial charge is 0.321 e. The SMILES string of the molecule is CN(C[C@@H]1CCCN(C)[C@H]1c1ccnn1C)C(=O)Nc1ccc2c(c1)CCCN2. The molecule has 2 amide bonds. The molecule has 1 fully saturated rings. The van der Waals surface area contributed by atoms with Crippen LogP contribution in [0.15, 0.2) is 30.5 Å². The number of aromatic nitrogens is 2. The molecule has 7 heteroatoms. The molecule has 0 radical (unpaired) electrons. The number of anilines is 2. The van der Waals surface area contributed by atoms with Crippen LogP contribution in [0.4, 0.5) is 16.2 Å². The maximum absolute atomic E-state index is 12.9. The summed E-state index contributed by atoms with van der Waals surface area (Å²) in [5, 5.41) is 10.9. The van der Waals surface area contributed by atoms with Gasteiger partial charge in [0.1, 0.15) is 0 Å². The van der Waals surface area contributed by atoms with Gasteiger partial charge in [-0.3, -0.25) is 9.58 Å². The van der Waals surface area contributed by atoms with E-state index in [1.165, 1.54) is 16.9 Å². The van der Waals surface area contributed by atoms with Gasteiger partial charge in [-0.2, -0.15) is 5.10 Å². The van der Waals surface area contributed by atoms with Gasteiger partial charge in [-0.15, -0.1) is 0 Å². The van der Waals surface area contributed by atoms with Crippen molar-refractivity contribution >= 4 is 17.4 Å². The van der Waals surface area contributed by atoms with E-state index in [9.17, 15) is 4.79 Å². The molecule has 0 bridgehead atoms. The summed E-state index contributed by atoms with van der Waals surface area (Å²) >= 11 is 0. The minimum absolute atomic E-state index is 0.0503. The number of aryl methyl sites for hydroxylation is 2. The molecule has 7 nitrogen and oxygen atoms in total. The molecule has 4 rings (SSSR count). The standard InChI is InChI=1S/C22H32N6O/c1-26-13-5-7-17(21(26)20-10-12-24-28(20)3)15-27(2)22(29)25-18-8-9-19-16(14-18)6-4-11-23-19/h8-10,12,14,17,21,23H,4-7,11,13,15H2,1-3H3,(H,25,29)/t17-,21+/m0/s1. The number of nitrogens with zero attached hydrogens (tertiary/aromatic N) is 4. The molecule has 3 heterocycles. The molecule has 156 valence electrons. The summed E-state index contributed by atoms with van der Waals surface area (Å²) in [4.78, 5) is 17.1. The third-order valence-corrected chi connectivity index (χ3v) is 6.32.